The van der Waals surface area contributed by atoms with Gasteiger partial charge < -0.3 is 5.32 Å². The van der Waals surface area contributed by atoms with Crippen molar-refractivity contribution in [3.8, 4) is 0 Å². The normalized spacial score (nSPS) is 20.6. The van der Waals surface area contributed by atoms with Crippen molar-refractivity contribution in [1.82, 2.24) is 5.32 Å². The van der Waals surface area contributed by atoms with Gasteiger partial charge in [0.25, 0.3) is 0 Å². The maximum atomic E-state index is 13.6. The number of aryl methyl sites for hydroxylation is 1. The first-order chi connectivity index (χ1) is 9.72. The van der Waals surface area contributed by atoms with E-state index in [9.17, 15) is 4.39 Å². The van der Waals surface area contributed by atoms with E-state index < -0.39 is 0 Å². The first-order valence-electron chi connectivity index (χ1n) is 7.90. The minimum absolute atomic E-state index is 0.139. The third kappa shape index (κ3) is 3.92. The Kier molecular flexibility index (Phi) is 5.78. The van der Waals surface area contributed by atoms with Gasteiger partial charge in [-0.05, 0) is 62.4 Å². The molecule has 0 heterocycles. The van der Waals surface area contributed by atoms with Gasteiger partial charge in [0.15, 0.2) is 0 Å². The highest BCUT2D eigenvalue weighted by atomic mass is 19.1. The summed E-state index contributed by atoms with van der Waals surface area (Å²) in [5.41, 5.74) is 3.71. The second kappa shape index (κ2) is 7.58. The molecule has 20 heavy (non-hydrogen) atoms. The van der Waals surface area contributed by atoms with Crippen LogP contribution in [0.1, 0.15) is 62.6 Å². The molecule has 1 aliphatic rings. The highest BCUT2D eigenvalue weighted by molar-refractivity contribution is 5.35. The third-order valence-corrected chi connectivity index (χ3v) is 4.16. The van der Waals surface area contributed by atoms with Gasteiger partial charge in [0, 0.05) is 0 Å². The van der Waals surface area contributed by atoms with Crippen molar-refractivity contribution < 1.29 is 4.39 Å². The molecule has 1 aromatic rings. The Balaban J connectivity index is 2.31. The van der Waals surface area contributed by atoms with Gasteiger partial charge in [0.05, 0.1) is 6.04 Å². The molecule has 2 heteroatoms. The Morgan fingerprint density at radius 3 is 2.80 bits per heavy atom. The average Bonchev–Trinajstić information content (AvgIpc) is 2.40. The fraction of sp³-hybridized carbons (Fsp3) is 0.556. The molecule has 1 atom stereocenters. The minimum Gasteiger partial charge on any atom is -0.307 e. The summed E-state index contributed by atoms with van der Waals surface area (Å²) in [7, 11) is 0. The van der Waals surface area contributed by atoms with E-state index in [1.807, 2.05) is 6.07 Å². The number of halogens is 1. The quantitative estimate of drug-likeness (QED) is 0.757. The summed E-state index contributed by atoms with van der Waals surface area (Å²) in [5.74, 6) is -0.139. The number of benzene rings is 1. The summed E-state index contributed by atoms with van der Waals surface area (Å²) in [6, 6.07) is 5.31. The van der Waals surface area contributed by atoms with E-state index in [0.29, 0.717) is 0 Å². The lowest BCUT2D eigenvalue weighted by Crippen LogP contribution is -2.24. The molecule has 0 spiro atoms. The van der Waals surface area contributed by atoms with Crippen LogP contribution >= 0.6 is 0 Å². The molecule has 0 aliphatic heterocycles. The van der Waals surface area contributed by atoms with E-state index in [1.54, 1.807) is 12.1 Å². The van der Waals surface area contributed by atoms with Gasteiger partial charge in [0.2, 0.25) is 0 Å². The number of hydrogen-bond acceptors (Lipinski definition) is 1. The molecule has 1 unspecified atom stereocenters. The van der Waals surface area contributed by atoms with Gasteiger partial charge in [-0.1, -0.05) is 37.5 Å². The van der Waals surface area contributed by atoms with Crippen molar-refractivity contribution >= 4 is 0 Å². The molecule has 1 nitrogen and oxygen atoms in total. The molecule has 2 rings (SSSR count). The summed E-state index contributed by atoms with van der Waals surface area (Å²) in [5, 5.41) is 3.55. The highest BCUT2D eigenvalue weighted by Gasteiger charge is 2.18. The monoisotopic (exact) mass is 275 g/mol. The van der Waals surface area contributed by atoms with E-state index in [2.05, 4.69) is 25.2 Å². The zero-order chi connectivity index (χ0) is 14.4. The van der Waals surface area contributed by atoms with Crippen LogP contribution in [0.4, 0.5) is 4.39 Å². The van der Waals surface area contributed by atoms with Gasteiger partial charge in [-0.3, -0.25) is 0 Å². The Morgan fingerprint density at radius 1 is 1.20 bits per heavy atom. The van der Waals surface area contributed by atoms with Crippen LogP contribution in [-0.2, 0) is 0 Å². The summed E-state index contributed by atoms with van der Waals surface area (Å²) in [4.78, 5) is 0. The molecule has 0 radical (unpaired) electrons. The minimum atomic E-state index is -0.139. The number of nitrogens with one attached hydrogen (secondary N) is 1. The van der Waals surface area contributed by atoms with Crippen molar-refractivity contribution in [2.75, 3.05) is 6.54 Å². The van der Waals surface area contributed by atoms with Crippen LogP contribution in [0.25, 0.3) is 0 Å². The first-order valence-corrected chi connectivity index (χ1v) is 7.90. The Morgan fingerprint density at radius 2 is 2.00 bits per heavy atom. The number of hydrogen-bond donors (Lipinski definition) is 1. The van der Waals surface area contributed by atoms with Gasteiger partial charge in [-0.25, -0.2) is 4.39 Å². The molecular formula is C18H26FN. The Hall–Kier alpha value is -1.15. The molecule has 0 bridgehead atoms. The predicted molar refractivity (Wildman–Crippen MR) is 83.3 cm³/mol. The maximum Gasteiger partial charge on any atom is 0.123 e. The van der Waals surface area contributed by atoms with Crippen LogP contribution in [-0.4, -0.2) is 6.54 Å². The van der Waals surface area contributed by atoms with Crippen molar-refractivity contribution in [3.63, 3.8) is 0 Å². The molecule has 0 amide bonds. The molecule has 1 aliphatic carbocycles. The number of rotatable bonds is 4. The van der Waals surface area contributed by atoms with E-state index >= 15 is 0 Å². The zero-order valence-electron chi connectivity index (χ0n) is 12.7. The van der Waals surface area contributed by atoms with Crippen LogP contribution in [0.2, 0.25) is 0 Å². The highest BCUT2D eigenvalue weighted by Crippen LogP contribution is 2.30. The van der Waals surface area contributed by atoms with Crippen LogP contribution < -0.4 is 5.32 Å². The van der Waals surface area contributed by atoms with E-state index in [-0.39, 0.29) is 11.9 Å². The second-order valence-corrected chi connectivity index (χ2v) is 5.72. The Bertz CT molecular complexity index is 464. The number of allylic oxidation sites excluding steroid dienone is 1. The smallest absolute Gasteiger partial charge is 0.123 e. The van der Waals surface area contributed by atoms with Crippen LogP contribution in [0.5, 0.6) is 0 Å². The molecule has 0 saturated heterocycles. The van der Waals surface area contributed by atoms with E-state index in [1.165, 1.54) is 36.8 Å². The molecule has 0 fully saturated rings. The molecule has 0 aromatic heterocycles. The lowest BCUT2D eigenvalue weighted by atomic mass is 9.89. The van der Waals surface area contributed by atoms with Crippen molar-refractivity contribution in [1.29, 1.82) is 0 Å². The molecular weight excluding hydrogens is 249 g/mol. The van der Waals surface area contributed by atoms with Crippen molar-refractivity contribution in [3.05, 3.63) is 46.8 Å². The average molecular weight is 275 g/mol. The third-order valence-electron chi connectivity index (χ3n) is 4.16. The fourth-order valence-corrected chi connectivity index (χ4v) is 3.05. The lowest BCUT2D eigenvalue weighted by molar-refractivity contribution is 0.548. The van der Waals surface area contributed by atoms with Gasteiger partial charge in [-0.15, -0.1) is 0 Å². The predicted octanol–water partition coefficient (Wildman–Crippen LogP) is 5.07. The van der Waals surface area contributed by atoms with Crippen LogP contribution in [0, 0.1) is 12.7 Å². The van der Waals surface area contributed by atoms with Crippen LogP contribution in [0.15, 0.2) is 29.8 Å². The molecule has 1 aromatic carbocycles. The van der Waals surface area contributed by atoms with Gasteiger partial charge in [0.1, 0.15) is 5.82 Å². The van der Waals surface area contributed by atoms with E-state index in [4.69, 9.17) is 0 Å². The zero-order valence-corrected chi connectivity index (χ0v) is 12.7. The van der Waals surface area contributed by atoms with Gasteiger partial charge >= 0.3 is 0 Å². The maximum absolute atomic E-state index is 13.6. The van der Waals surface area contributed by atoms with Crippen molar-refractivity contribution in [2.45, 2.75) is 58.4 Å². The van der Waals surface area contributed by atoms with Gasteiger partial charge in [-0.2, -0.15) is 0 Å². The second-order valence-electron chi connectivity index (χ2n) is 5.72. The summed E-state index contributed by atoms with van der Waals surface area (Å²) >= 11 is 0. The number of likely N-dealkylation sites (N-methyl/N-ethyl adjacent to an activating group) is 1. The van der Waals surface area contributed by atoms with Crippen LogP contribution in [0.3, 0.4) is 0 Å². The summed E-state index contributed by atoms with van der Waals surface area (Å²) in [6.45, 7) is 5.09. The molecule has 110 valence electrons. The fourth-order valence-electron chi connectivity index (χ4n) is 3.05. The summed E-state index contributed by atoms with van der Waals surface area (Å²) in [6.07, 6.45) is 9.87. The summed E-state index contributed by atoms with van der Waals surface area (Å²) < 4.78 is 13.6. The Labute approximate surface area is 122 Å². The molecule has 0 saturated carbocycles. The topological polar surface area (TPSA) is 12.0 Å². The van der Waals surface area contributed by atoms with E-state index in [0.717, 1.165) is 24.9 Å². The SMILES string of the molecule is CCNC(/C1=C/CCCCCC1)c1cc(F)ccc1C. The molecule has 1 N–H and O–H groups in total. The lowest BCUT2D eigenvalue weighted by Gasteiger charge is -2.25. The largest absolute Gasteiger partial charge is 0.307 e. The van der Waals surface area contributed by atoms with Crippen molar-refractivity contribution in [2.24, 2.45) is 0 Å². The standard InChI is InChI=1S/C18H26FN/c1-3-20-18(15-9-7-5-4-6-8-10-15)17-13-16(19)12-11-14(17)2/h9,11-13,18,20H,3-8,10H2,1-2H3/b15-9+. The first kappa shape index (κ1) is 15.2.